The molecular formula is C16H26ClNO2. The maximum Gasteiger partial charge on any atom is 0.179 e. The maximum atomic E-state index is 6.32. The zero-order valence-corrected chi connectivity index (χ0v) is 13.7. The van der Waals surface area contributed by atoms with Crippen molar-refractivity contribution in [2.45, 2.75) is 53.1 Å². The van der Waals surface area contributed by atoms with Crippen molar-refractivity contribution in [3.63, 3.8) is 0 Å². The average Bonchev–Trinajstić information content (AvgIpc) is 2.44. The summed E-state index contributed by atoms with van der Waals surface area (Å²) in [6, 6.07) is 4.44. The summed E-state index contributed by atoms with van der Waals surface area (Å²) in [5.74, 6) is 1.39. The predicted octanol–water partition coefficient (Wildman–Crippen LogP) is 4.42. The summed E-state index contributed by atoms with van der Waals surface area (Å²) in [4.78, 5) is 0. The van der Waals surface area contributed by atoms with Gasteiger partial charge in [0, 0.05) is 12.6 Å². The van der Waals surface area contributed by atoms with Crippen LogP contribution in [0.1, 0.15) is 46.1 Å². The van der Waals surface area contributed by atoms with E-state index in [2.05, 4.69) is 26.1 Å². The van der Waals surface area contributed by atoms with Gasteiger partial charge in [-0.3, -0.25) is 0 Å². The fourth-order valence-electron chi connectivity index (χ4n) is 1.77. The Hall–Kier alpha value is -0.930. The Morgan fingerprint density at radius 3 is 2.55 bits per heavy atom. The van der Waals surface area contributed by atoms with Gasteiger partial charge in [-0.1, -0.05) is 25.4 Å². The van der Waals surface area contributed by atoms with E-state index >= 15 is 0 Å². The van der Waals surface area contributed by atoms with Gasteiger partial charge in [-0.05, 0) is 44.4 Å². The Morgan fingerprint density at radius 1 is 1.20 bits per heavy atom. The monoisotopic (exact) mass is 299 g/mol. The molecule has 1 rings (SSSR count). The van der Waals surface area contributed by atoms with Crippen LogP contribution < -0.4 is 14.8 Å². The van der Waals surface area contributed by atoms with Gasteiger partial charge in [-0.2, -0.15) is 0 Å². The highest BCUT2D eigenvalue weighted by Gasteiger charge is 2.12. The van der Waals surface area contributed by atoms with Gasteiger partial charge >= 0.3 is 0 Å². The Balaban J connectivity index is 2.87. The molecule has 0 saturated carbocycles. The van der Waals surface area contributed by atoms with Crippen molar-refractivity contribution in [1.82, 2.24) is 5.32 Å². The highest BCUT2D eigenvalue weighted by Crippen LogP contribution is 2.36. The van der Waals surface area contributed by atoms with E-state index in [-0.39, 0.29) is 0 Å². The molecule has 0 aliphatic heterocycles. The molecule has 0 aromatic heterocycles. The number of ether oxygens (including phenoxy) is 2. The summed E-state index contributed by atoms with van der Waals surface area (Å²) in [7, 11) is 0. The molecule has 1 unspecified atom stereocenters. The molecule has 1 N–H and O–H groups in total. The fraction of sp³-hybridized carbons (Fsp3) is 0.625. The van der Waals surface area contributed by atoms with Gasteiger partial charge in [-0.15, -0.1) is 0 Å². The van der Waals surface area contributed by atoms with Crippen molar-refractivity contribution in [2.75, 3.05) is 13.2 Å². The summed E-state index contributed by atoms with van der Waals surface area (Å²) in [6.07, 6.45) is 2.04. The van der Waals surface area contributed by atoms with Crippen LogP contribution in [0.4, 0.5) is 0 Å². The van der Waals surface area contributed by atoms with Crippen LogP contribution in [0.15, 0.2) is 12.1 Å². The molecular weight excluding hydrogens is 274 g/mol. The molecule has 0 radical (unpaired) electrons. The molecule has 1 aromatic carbocycles. The fourth-order valence-corrected chi connectivity index (χ4v) is 2.05. The Bertz CT molecular complexity index is 410. The van der Waals surface area contributed by atoms with Crippen LogP contribution in [-0.4, -0.2) is 19.3 Å². The van der Waals surface area contributed by atoms with Gasteiger partial charge in [0.05, 0.1) is 18.2 Å². The average molecular weight is 300 g/mol. The first kappa shape index (κ1) is 17.1. The summed E-state index contributed by atoms with van der Waals surface area (Å²) in [5, 5.41) is 4.07. The van der Waals surface area contributed by atoms with E-state index in [9.17, 15) is 0 Å². The van der Waals surface area contributed by atoms with Crippen molar-refractivity contribution >= 4 is 11.6 Å². The minimum absolute atomic E-state index is 0.486. The molecule has 3 nitrogen and oxygen atoms in total. The number of nitrogens with one attached hydrogen (secondary N) is 1. The van der Waals surface area contributed by atoms with E-state index in [1.54, 1.807) is 0 Å². The van der Waals surface area contributed by atoms with Crippen LogP contribution in [0.25, 0.3) is 0 Å². The Labute approximate surface area is 127 Å². The van der Waals surface area contributed by atoms with Crippen LogP contribution in [0, 0.1) is 0 Å². The highest BCUT2D eigenvalue weighted by atomic mass is 35.5. The van der Waals surface area contributed by atoms with Gasteiger partial charge in [0.1, 0.15) is 0 Å². The predicted molar refractivity (Wildman–Crippen MR) is 85.0 cm³/mol. The zero-order chi connectivity index (χ0) is 15.0. The standard InChI is InChI=1S/C16H26ClNO2/c1-5-8-20-16-14(17)9-13(10-15(16)19-7-3)11-18-12(4)6-2/h9-10,12,18H,5-8,11H2,1-4H3. The number of halogens is 1. The molecule has 0 heterocycles. The molecule has 0 amide bonds. The number of hydrogen-bond donors (Lipinski definition) is 1. The Kier molecular flexibility index (Phi) is 7.78. The van der Waals surface area contributed by atoms with Crippen molar-refractivity contribution in [2.24, 2.45) is 0 Å². The van der Waals surface area contributed by atoms with Crippen LogP contribution in [0.5, 0.6) is 11.5 Å². The van der Waals surface area contributed by atoms with E-state index in [1.165, 1.54) is 0 Å². The van der Waals surface area contributed by atoms with E-state index < -0.39 is 0 Å². The third-order valence-corrected chi connectivity index (χ3v) is 3.37. The van der Waals surface area contributed by atoms with Crippen LogP contribution in [0.3, 0.4) is 0 Å². The van der Waals surface area contributed by atoms with Gasteiger partial charge in [0.2, 0.25) is 0 Å². The van der Waals surface area contributed by atoms with Crippen LogP contribution in [0.2, 0.25) is 5.02 Å². The molecule has 0 saturated heterocycles. The lowest BCUT2D eigenvalue weighted by atomic mass is 10.1. The van der Waals surface area contributed by atoms with E-state index in [4.69, 9.17) is 21.1 Å². The maximum absolute atomic E-state index is 6.32. The highest BCUT2D eigenvalue weighted by molar-refractivity contribution is 6.32. The van der Waals surface area contributed by atoms with Crippen molar-refractivity contribution < 1.29 is 9.47 Å². The second kappa shape index (κ2) is 9.09. The van der Waals surface area contributed by atoms with E-state index in [0.29, 0.717) is 30.0 Å². The van der Waals surface area contributed by atoms with Crippen LogP contribution in [-0.2, 0) is 6.54 Å². The molecule has 1 atom stereocenters. The topological polar surface area (TPSA) is 30.5 Å². The molecule has 0 aliphatic rings. The minimum atomic E-state index is 0.486. The Morgan fingerprint density at radius 2 is 1.95 bits per heavy atom. The lowest BCUT2D eigenvalue weighted by Gasteiger charge is -2.16. The summed E-state index contributed by atoms with van der Waals surface area (Å²) < 4.78 is 11.3. The normalized spacial score (nSPS) is 12.2. The molecule has 0 spiro atoms. The summed E-state index contributed by atoms with van der Waals surface area (Å²) in [6.45, 7) is 10.4. The van der Waals surface area contributed by atoms with Gasteiger partial charge in [0.15, 0.2) is 11.5 Å². The number of hydrogen-bond acceptors (Lipinski definition) is 3. The second-order valence-corrected chi connectivity index (χ2v) is 5.28. The largest absolute Gasteiger partial charge is 0.490 e. The SMILES string of the molecule is CCCOc1c(Cl)cc(CNC(C)CC)cc1OCC. The molecule has 0 aliphatic carbocycles. The van der Waals surface area contributed by atoms with Crippen molar-refractivity contribution in [3.8, 4) is 11.5 Å². The first-order valence-electron chi connectivity index (χ1n) is 7.43. The number of rotatable bonds is 9. The molecule has 114 valence electrons. The van der Waals surface area contributed by atoms with Crippen LogP contribution >= 0.6 is 11.6 Å². The van der Waals surface area contributed by atoms with Crippen molar-refractivity contribution in [3.05, 3.63) is 22.7 Å². The van der Waals surface area contributed by atoms with E-state index in [1.807, 2.05) is 19.1 Å². The smallest absolute Gasteiger partial charge is 0.179 e. The van der Waals surface area contributed by atoms with Gasteiger partial charge in [0.25, 0.3) is 0 Å². The summed E-state index contributed by atoms with van der Waals surface area (Å²) in [5.41, 5.74) is 1.11. The lowest BCUT2D eigenvalue weighted by Crippen LogP contribution is -2.24. The molecule has 0 bridgehead atoms. The third-order valence-electron chi connectivity index (χ3n) is 3.09. The lowest BCUT2D eigenvalue weighted by molar-refractivity contribution is 0.276. The first-order chi connectivity index (χ1) is 9.62. The number of benzene rings is 1. The molecule has 0 fully saturated rings. The van der Waals surface area contributed by atoms with Gasteiger partial charge in [-0.25, -0.2) is 0 Å². The first-order valence-corrected chi connectivity index (χ1v) is 7.81. The van der Waals surface area contributed by atoms with Crippen molar-refractivity contribution in [1.29, 1.82) is 0 Å². The molecule has 4 heteroatoms. The second-order valence-electron chi connectivity index (χ2n) is 4.88. The zero-order valence-electron chi connectivity index (χ0n) is 13.0. The molecule has 20 heavy (non-hydrogen) atoms. The quantitative estimate of drug-likeness (QED) is 0.732. The van der Waals surface area contributed by atoms with E-state index in [0.717, 1.165) is 30.7 Å². The molecule has 1 aromatic rings. The third kappa shape index (κ3) is 5.22. The summed E-state index contributed by atoms with van der Waals surface area (Å²) >= 11 is 6.32. The van der Waals surface area contributed by atoms with Gasteiger partial charge < -0.3 is 14.8 Å². The minimum Gasteiger partial charge on any atom is -0.490 e.